The molecule has 116 valence electrons. The SMILES string of the molecule is Cc1cc(C)nc(N2CCC([C@@H](O)c3ccccn3)CC2)n1. The highest BCUT2D eigenvalue weighted by Crippen LogP contribution is 2.30. The maximum Gasteiger partial charge on any atom is 0.225 e. The van der Waals surface area contributed by atoms with Crippen molar-refractivity contribution in [3.8, 4) is 0 Å². The van der Waals surface area contributed by atoms with Crippen LogP contribution in [-0.2, 0) is 0 Å². The molecule has 0 unspecified atom stereocenters. The molecule has 1 aliphatic rings. The van der Waals surface area contributed by atoms with E-state index in [0.717, 1.165) is 49.0 Å². The van der Waals surface area contributed by atoms with Gasteiger partial charge in [-0.15, -0.1) is 0 Å². The fraction of sp³-hybridized carbons (Fsp3) is 0.471. The van der Waals surface area contributed by atoms with E-state index < -0.39 is 6.10 Å². The van der Waals surface area contributed by atoms with Gasteiger partial charge in [0, 0.05) is 30.7 Å². The number of aromatic nitrogens is 3. The second-order valence-corrected chi connectivity index (χ2v) is 5.97. The summed E-state index contributed by atoms with van der Waals surface area (Å²) in [6.45, 7) is 5.74. The zero-order chi connectivity index (χ0) is 15.5. The molecule has 3 rings (SSSR count). The first-order valence-electron chi connectivity index (χ1n) is 7.80. The van der Waals surface area contributed by atoms with Crippen LogP contribution in [0.2, 0.25) is 0 Å². The van der Waals surface area contributed by atoms with Gasteiger partial charge in [0.05, 0.1) is 11.8 Å². The minimum absolute atomic E-state index is 0.247. The summed E-state index contributed by atoms with van der Waals surface area (Å²) in [5.74, 6) is 1.06. The van der Waals surface area contributed by atoms with Crippen molar-refractivity contribution in [3.63, 3.8) is 0 Å². The molecule has 0 aromatic carbocycles. The summed E-state index contributed by atoms with van der Waals surface area (Å²) in [4.78, 5) is 15.5. The monoisotopic (exact) mass is 298 g/mol. The quantitative estimate of drug-likeness (QED) is 0.943. The molecule has 1 fully saturated rings. The normalized spacial score (nSPS) is 17.5. The van der Waals surface area contributed by atoms with E-state index in [4.69, 9.17) is 0 Å². The van der Waals surface area contributed by atoms with Crippen molar-refractivity contribution in [3.05, 3.63) is 47.5 Å². The molecule has 0 amide bonds. The average Bonchev–Trinajstić information content (AvgIpc) is 2.54. The van der Waals surface area contributed by atoms with Gasteiger partial charge in [0.25, 0.3) is 0 Å². The third kappa shape index (κ3) is 3.25. The smallest absolute Gasteiger partial charge is 0.225 e. The zero-order valence-electron chi connectivity index (χ0n) is 13.1. The first kappa shape index (κ1) is 14.9. The van der Waals surface area contributed by atoms with Gasteiger partial charge in [-0.1, -0.05) is 6.07 Å². The van der Waals surface area contributed by atoms with Gasteiger partial charge in [0.15, 0.2) is 0 Å². The number of aliphatic hydroxyl groups excluding tert-OH is 1. The third-order valence-electron chi connectivity index (χ3n) is 4.23. The number of anilines is 1. The molecule has 1 atom stereocenters. The van der Waals surface area contributed by atoms with Gasteiger partial charge in [-0.3, -0.25) is 4.98 Å². The molecule has 2 aromatic rings. The van der Waals surface area contributed by atoms with Crippen molar-refractivity contribution in [2.24, 2.45) is 5.92 Å². The van der Waals surface area contributed by atoms with E-state index in [1.807, 2.05) is 38.1 Å². The number of piperidine rings is 1. The van der Waals surface area contributed by atoms with Crippen LogP contribution in [0.5, 0.6) is 0 Å². The Morgan fingerprint density at radius 1 is 1.14 bits per heavy atom. The summed E-state index contributed by atoms with van der Waals surface area (Å²) in [6.07, 6.45) is 3.10. The van der Waals surface area contributed by atoms with Gasteiger partial charge in [-0.05, 0) is 50.8 Å². The Morgan fingerprint density at radius 2 is 1.82 bits per heavy atom. The molecule has 0 aliphatic carbocycles. The number of rotatable bonds is 3. The number of aliphatic hydroxyl groups is 1. The lowest BCUT2D eigenvalue weighted by Gasteiger charge is -2.34. The van der Waals surface area contributed by atoms with Crippen LogP contribution in [0.3, 0.4) is 0 Å². The van der Waals surface area contributed by atoms with Gasteiger partial charge >= 0.3 is 0 Å². The van der Waals surface area contributed by atoms with Crippen LogP contribution in [0.15, 0.2) is 30.5 Å². The number of aryl methyl sites for hydroxylation is 2. The first-order chi connectivity index (χ1) is 10.6. The van der Waals surface area contributed by atoms with Crippen LogP contribution in [0.4, 0.5) is 5.95 Å². The molecule has 3 heterocycles. The molecule has 5 nitrogen and oxygen atoms in total. The highest BCUT2D eigenvalue weighted by molar-refractivity contribution is 5.32. The van der Waals surface area contributed by atoms with Gasteiger partial charge < -0.3 is 10.0 Å². The van der Waals surface area contributed by atoms with E-state index in [1.165, 1.54) is 0 Å². The van der Waals surface area contributed by atoms with Crippen molar-refractivity contribution >= 4 is 5.95 Å². The van der Waals surface area contributed by atoms with Gasteiger partial charge in [-0.25, -0.2) is 9.97 Å². The molecular formula is C17H22N4O. The minimum atomic E-state index is -0.483. The average molecular weight is 298 g/mol. The molecule has 1 N–H and O–H groups in total. The molecule has 0 spiro atoms. The predicted octanol–water partition coefficient (Wildman–Crippen LogP) is 2.44. The standard InChI is InChI=1S/C17H22N4O/c1-12-11-13(2)20-17(19-12)21-9-6-14(7-10-21)16(22)15-5-3-4-8-18-15/h3-5,8,11,14,16,22H,6-7,9-10H2,1-2H3/t16-/m1/s1. The van der Waals surface area contributed by atoms with E-state index in [0.29, 0.717) is 0 Å². The van der Waals surface area contributed by atoms with E-state index in [2.05, 4.69) is 19.9 Å². The molecule has 22 heavy (non-hydrogen) atoms. The number of nitrogens with zero attached hydrogens (tertiary/aromatic N) is 4. The number of hydrogen-bond donors (Lipinski definition) is 1. The Kier molecular flexibility index (Phi) is 4.34. The fourth-order valence-electron chi connectivity index (χ4n) is 3.06. The van der Waals surface area contributed by atoms with E-state index in [-0.39, 0.29) is 5.92 Å². The van der Waals surface area contributed by atoms with Gasteiger partial charge in [0.1, 0.15) is 0 Å². The molecule has 1 aliphatic heterocycles. The number of pyridine rings is 1. The molecule has 5 heteroatoms. The lowest BCUT2D eigenvalue weighted by Crippen LogP contribution is -2.37. The molecule has 0 bridgehead atoms. The summed E-state index contributed by atoms with van der Waals surface area (Å²) in [5, 5.41) is 10.5. The van der Waals surface area contributed by atoms with E-state index >= 15 is 0 Å². The van der Waals surface area contributed by atoms with E-state index in [9.17, 15) is 5.11 Å². The Hall–Kier alpha value is -2.01. The highest BCUT2D eigenvalue weighted by atomic mass is 16.3. The van der Waals surface area contributed by atoms with Crippen molar-refractivity contribution in [1.29, 1.82) is 0 Å². The summed E-state index contributed by atoms with van der Waals surface area (Å²) in [5.41, 5.74) is 2.76. The molecule has 1 saturated heterocycles. The zero-order valence-corrected chi connectivity index (χ0v) is 13.1. The maximum absolute atomic E-state index is 10.5. The molecule has 0 radical (unpaired) electrons. The van der Waals surface area contributed by atoms with Crippen LogP contribution in [0.1, 0.15) is 36.0 Å². The van der Waals surface area contributed by atoms with Crippen LogP contribution in [0, 0.1) is 19.8 Å². The summed E-state index contributed by atoms with van der Waals surface area (Å²) in [6, 6.07) is 7.67. The fourth-order valence-corrected chi connectivity index (χ4v) is 3.06. The third-order valence-corrected chi connectivity index (χ3v) is 4.23. The Balaban J connectivity index is 1.65. The summed E-state index contributed by atoms with van der Waals surface area (Å²) in [7, 11) is 0. The second-order valence-electron chi connectivity index (χ2n) is 5.97. The van der Waals surface area contributed by atoms with Crippen molar-refractivity contribution in [2.45, 2.75) is 32.8 Å². The maximum atomic E-state index is 10.5. The van der Waals surface area contributed by atoms with Crippen molar-refractivity contribution in [1.82, 2.24) is 15.0 Å². The van der Waals surface area contributed by atoms with Crippen LogP contribution < -0.4 is 4.90 Å². The first-order valence-corrected chi connectivity index (χ1v) is 7.80. The Labute approximate surface area is 131 Å². The van der Waals surface area contributed by atoms with E-state index in [1.54, 1.807) is 6.20 Å². The molecule has 0 saturated carbocycles. The highest BCUT2D eigenvalue weighted by Gasteiger charge is 2.27. The Bertz CT molecular complexity index is 604. The van der Waals surface area contributed by atoms with Gasteiger partial charge in [0.2, 0.25) is 5.95 Å². The molecule has 2 aromatic heterocycles. The lowest BCUT2D eigenvalue weighted by molar-refractivity contribution is 0.0889. The topological polar surface area (TPSA) is 62.1 Å². The van der Waals surface area contributed by atoms with Crippen LogP contribution >= 0.6 is 0 Å². The Morgan fingerprint density at radius 3 is 2.41 bits per heavy atom. The largest absolute Gasteiger partial charge is 0.387 e. The number of hydrogen-bond acceptors (Lipinski definition) is 5. The van der Waals surface area contributed by atoms with Crippen molar-refractivity contribution < 1.29 is 5.11 Å². The molecular weight excluding hydrogens is 276 g/mol. The second kappa shape index (κ2) is 6.40. The predicted molar refractivity (Wildman–Crippen MR) is 85.6 cm³/mol. The summed E-state index contributed by atoms with van der Waals surface area (Å²) < 4.78 is 0. The van der Waals surface area contributed by atoms with Crippen molar-refractivity contribution in [2.75, 3.05) is 18.0 Å². The van der Waals surface area contributed by atoms with Gasteiger partial charge in [-0.2, -0.15) is 0 Å². The van der Waals surface area contributed by atoms with Crippen LogP contribution in [-0.4, -0.2) is 33.1 Å². The lowest BCUT2D eigenvalue weighted by atomic mass is 9.89. The van der Waals surface area contributed by atoms with Crippen LogP contribution in [0.25, 0.3) is 0 Å². The minimum Gasteiger partial charge on any atom is -0.387 e. The summed E-state index contributed by atoms with van der Waals surface area (Å²) >= 11 is 0.